The second-order valence-corrected chi connectivity index (χ2v) is 6.72. The van der Waals surface area contributed by atoms with E-state index in [2.05, 4.69) is 20.2 Å². The molecule has 1 amide bonds. The quantitative estimate of drug-likeness (QED) is 0.891. The highest BCUT2D eigenvalue weighted by Crippen LogP contribution is 2.32. The van der Waals surface area contributed by atoms with Crippen LogP contribution in [0.25, 0.3) is 0 Å². The second-order valence-electron chi connectivity index (χ2n) is 6.72. The van der Waals surface area contributed by atoms with Gasteiger partial charge in [0.1, 0.15) is 5.69 Å². The number of hydrogen-bond donors (Lipinski definition) is 1. The number of nitrogens with one attached hydrogen (secondary N) is 1. The molecule has 1 aromatic heterocycles. The highest BCUT2D eigenvalue weighted by molar-refractivity contribution is 5.91. The summed E-state index contributed by atoms with van der Waals surface area (Å²) in [5, 5.41) is 3.08. The predicted octanol–water partition coefficient (Wildman–Crippen LogP) is 1.49. The summed E-state index contributed by atoms with van der Waals surface area (Å²) in [6.45, 7) is 5.67. The van der Waals surface area contributed by atoms with Crippen LogP contribution in [0.3, 0.4) is 0 Å². The number of piperidine rings is 1. The molecule has 0 radical (unpaired) electrons. The van der Waals surface area contributed by atoms with E-state index >= 15 is 0 Å². The minimum Gasteiger partial charge on any atom is -0.381 e. The van der Waals surface area contributed by atoms with Crippen molar-refractivity contribution < 1.29 is 9.53 Å². The lowest BCUT2D eigenvalue weighted by Gasteiger charge is -2.42. The first kappa shape index (κ1) is 16.3. The Balaban J connectivity index is 1.60. The molecule has 0 unspecified atom stereocenters. The maximum atomic E-state index is 12.3. The highest BCUT2D eigenvalue weighted by Gasteiger charge is 2.35. The smallest absolute Gasteiger partial charge is 0.271 e. The van der Waals surface area contributed by atoms with Crippen molar-refractivity contribution in [2.45, 2.75) is 32.1 Å². The van der Waals surface area contributed by atoms with E-state index in [1.54, 1.807) is 12.4 Å². The number of nitrogens with zero attached hydrogens (tertiary/aromatic N) is 3. The van der Waals surface area contributed by atoms with Crippen LogP contribution < -0.4 is 5.32 Å². The molecule has 126 valence electrons. The summed E-state index contributed by atoms with van der Waals surface area (Å²) in [5.41, 5.74) is 0.501. The van der Waals surface area contributed by atoms with E-state index in [1.165, 1.54) is 38.5 Å². The minimum absolute atomic E-state index is 0.119. The fourth-order valence-electron chi connectivity index (χ4n) is 3.56. The number of ether oxygens (including phenoxy) is 1. The van der Waals surface area contributed by atoms with Crippen LogP contribution in [-0.4, -0.2) is 60.2 Å². The molecule has 2 aliphatic heterocycles. The molecule has 0 aromatic carbocycles. The third-order valence-electron chi connectivity index (χ3n) is 4.98. The number of aromatic nitrogens is 2. The van der Waals surface area contributed by atoms with Crippen LogP contribution in [0.5, 0.6) is 0 Å². The molecule has 6 heteroatoms. The molecule has 0 aliphatic carbocycles. The Bertz CT molecular complexity index is 497. The summed E-state index contributed by atoms with van der Waals surface area (Å²) >= 11 is 0. The monoisotopic (exact) mass is 318 g/mol. The first-order chi connectivity index (χ1) is 11.3. The van der Waals surface area contributed by atoms with Gasteiger partial charge in [0.15, 0.2) is 0 Å². The SMILES string of the molecule is O=C(NCC1(CN2CCCCC2)CCOCC1)c1cnccn1. The third kappa shape index (κ3) is 4.48. The summed E-state index contributed by atoms with van der Waals surface area (Å²) in [6.07, 6.45) is 10.6. The molecular weight excluding hydrogens is 292 g/mol. The Kier molecular flexibility index (Phi) is 5.56. The van der Waals surface area contributed by atoms with E-state index in [4.69, 9.17) is 4.74 Å². The van der Waals surface area contributed by atoms with Crippen molar-refractivity contribution in [3.8, 4) is 0 Å². The molecule has 2 fully saturated rings. The summed E-state index contributed by atoms with van der Waals surface area (Å²) in [5.74, 6) is -0.136. The molecule has 0 bridgehead atoms. The van der Waals surface area contributed by atoms with E-state index in [9.17, 15) is 4.79 Å². The highest BCUT2D eigenvalue weighted by atomic mass is 16.5. The molecule has 3 rings (SSSR count). The van der Waals surface area contributed by atoms with Gasteiger partial charge in [0.2, 0.25) is 0 Å². The van der Waals surface area contributed by atoms with Crippen LogP contribution in [0.4, 0.5) is 0 Å². The molecular formula is C17H26N4O2. The van der Waals surface area contributed by atoms with Gasteiger partial charge in [-0.05, 0) is 38.8 Å². The number of rotatable bonds is 5. The lowest BCUT2D eigenvalue weighted by molar-refractivity contribution is -0.00674. The van der Waals surface area contributed by atoms with Crippen LogP contribution in [-0.2, 0) is 4.74 Å². The Morgan fingerprint density at radius 1 is 1.22 bits per heavy atom. The van der Waals surface area contributed by atoms with Gasteiger partial charge in [-0.1, -0.05) is 6.42 Å². The van der Waals surface area contributed by atoms with Crippen LogP contribution in [0, 0.1) is 5.41 Å². The number of hydrogen-bond acceptors (Lipinski definition) is 5. The molecule has 1 aromatic rings. The summed E-state index contributed by atoms with van der Waals surface area (Å²) in [6, 6.07) is 0. The first-order valence-electron chi connectivity index (χ1n) is 8.62. The van der Waals surface area contributed by atoms with Gasteiger partial charge in [-0.15, -0.1) is 0 Å². The fourth-order valence-corrected chi connectivity index (χ4v) is 3.56. The number of carbonyl (C=O) groups is 1. The van der Waals surface area contributed by atoms with E-state index in [1.807, 2.05) is 0 Å². The minimum atomic E-state index is -0.136. The van der Waals surface area contributed by atoms with Crippen LogP contribution in [0.1, 0.15) is 42.6 Å². The van der Waals surface area contributed by atoms with Gasteiger partial charge in [0.25, 0.3) is 5.91 Å². The van der Waals surface area contributed by atoms with Crippen molar-refractivity contribution in [3.63, 3.8) is 0 Å². The van der Waals surface area contributed by atoms with Gasteiger partial charge in [0, 0.05) is 44.1 Å². The standard InChI is InChI=1S/C17H26N4O2/c22-16(15-12-18-6-7-19-15)20-13-17(4-10-23-11-5-17)14-21-8-2-1-3-9-21/h6-7,12H,1-5,8-11,13-14H2,(H,20,22). The topological polar surface area (TPSA) is 67.4 Å². The van der Waals surface area contributed by atoms with Crippen molar-refractivity contribution in [2.75, 3.05) is 39.4 Å². The zero-order valence-corrected chi connectivity index (χ0v) is 13.7. The molecule has 23 heavy (non-hydrogen) atoms. The molecule has 1 N–H and O–H groups in total. The van der Waals surface area contributed by atoms with Crippen molar-refractivity contribution >= 4 is 5.91 Å². The summed E-state index contributed by atoms with van der Waals surface area (Å²) < 4.78 is 5.55. The maximum Gasteiger partial charge on any atom is 0.271 e. The van der Waals surface area contributed by atoms with E-state index in [0.29, 0.717) is 12.2 Å². The third-order valence-corrected chi connectivity index (χ3v) is 4.98. The van der Waals surface area contributed by atoms with Gasteiger partial charge < -0.3 is 15.0 Å². The Hall–Kier alpha value is -1.53. The van der Waals surface area contributed by atoms with Crippen LogP contribution in [0.2, 0.25) is 0 Å². The van der Waals surface area contributed by atoms with Gasteiger partial charge in [0.05, 0.1) is 6.20 Å². The van der Waals surface area contributed by atoms with Crippen molar-refractivity contribution in [3.05, 3.63) is 24.3 Å². The van der Waals surface area contributed by atoms with Gasteiger partial charge in [-0.2, -0.15) is 0 Å². The Labute approximate surface area is 137 Å². The van der Waals surface area contributed by atoms with Crippen molar-refractivity contribution in [1.29, 1.82) is 0 Å². The number of amides is 1. The van der Waals surface area contributed by atoms with E-state index < -0.39 is 0 Å². The van der Waals surface area contributed by atoms with Gasteiger partial charge in [-0.3, -0.25) is 9.78 Å². The lowest BCUT2D eigenvalue weighted by atomic mass is 9.79. The zero-order valence-electron chi connectivity index (χ0n) is 13.7. The zero-order chi connectivity index (χ0) is 16.0. The molecule has 0 atom stereocenters. The van der Waals surface area contributed by atoms with Crippen LogP contribution >= 0.6 is 0 Å². The van der Waals surface area contributed by atoms with Gasteiger partial charge >= 0.3 is 0 Å². The molecule has 2 aliphatic rings. The predicted molar refractivity (Wildman–Crippen MR) is 87.1 cm³/mol. The largest absolute Gasteiger partial charge is 0.381 e. The average molecular weight is 318 g/mol. The summed E-state index contributed by atoms with van der Waals surface area (Å²) in [4.78, 5) is 22.9. The normalized spacial score (nSPS) is 21.7. The molecule has 0 saturated carbocycles. The molecule has 6 nitrogen and oxygen atoms in total. The number of likely N-dealkylation sites (tertiary alicyclic amines) is 1. The van der Waals surface area contributed by atoms with Gasteiger partial charge in [-0.25, -0.2) is 4.98 Å². The summed E-state index contributed by atoms with van der Waals surface area (Å²) in [7, 11) is 0. The maximum absolute atomic E-state index is 12.3. The molecule has 0 spiro atoms. The van der Waals surface area contributed by atoms with E-state index in [0.717, 1.165) is 32.6 Å². The fraction of sp³-hybridized carbons (Fsp3) is 0.706. The molecule has 3 heterocycles. The van der Waals surface area contributed by atoms with Crippen LogP contribution in [0.15, 0.2) is 18.6 Å². The van der Waals surface area contributed by atoms with Crippen molar-refractivity contribution in [2.24, 2.45) is 5.41 Å². The average Bonchev–Trinajstić information content (AvgIpc) is 2.62. The van der Waals surface area contributed by atoms with Crippen molar-refractivity contribution in [1.82, 2.24) is 20.2 Å². The Morgan fingerprint density at radius 2 is 2.00 bits per heavy atom. The Morgan fingerprint density at radius 3 is 2.70 bits per heavy atom. The lowest BCUT2D eigenvalue weighted by Crippen LogP contribution is -2.49. The molecule has 2 saturated heterocycles. The number of carbonyl (C=O) groups excluding carboxylic acids is 1. The first-order valence-corrected chi connectivity index (χ1v) is 8.62. The van der Waals surface area contributed by atoms with E-state index in [-0.39, 0.29) is 11.3 Å². The second kappa shape index (κ2) is 7.84.